The minimum Gasteiger partial charge on any atom is -0.346 e. The Labute approximate surface area is 95.4 Å². The van der Waals surface area contributed by atoms with Crippen molar-refractivity contribution >= 4 is 5.78 Å². The van der Waals surface area contributed by atoms with Crippen molar-refractivity contribution in [1.29, 1.82) is 0 Å². The van der Waals surface area contributed by atoms with Gasteiger partial charge in [0.15, 0.2) is 5.82 Å². The molecule has 0 amide bonds. The van der Waals surface area contributed by atoms with Crippen LogP contribution >= 0.6 is 0 Å². The summed E-state index contributed by atoms with van der Waals surface area (Å²) in [6, 6.07) is 0. The third-order valence-electron chi connectivity index (χ3n) is 2.13. The lowest BCUT2D eigenvalue weighted by molar-refractivity contribution is -0.108. The summed E-state index contributed by atoms with van der Waals surface area (Å²) in [5.41, 5.74) is 0. The summed E-state index contributed by atoms with van der Waals surface area (Å²) < 4.78 is 12.3. The summed E-state index contributed by atoms with van der Waals surface area (Å²) >= 11 is 0. The maximum Gasteiger partial charge on any atom is 0.254 e. The molecular weight excluding hydrogens is 208 g/mol. The average molecular weight is 226 g/mol. The zero-order valence-corrected chi connectivity index (χ0v) is 9.97. The molecule has 1 rings (SSSR count). The van der Waals surface area contributed by atoms with Gasteiger partial charge in [-0.1, -0.05) is 0 Å². The molecule has 0 radical (unpaired) electrons. The first kappa shape index (κ1) is 12.9. The molecule has 1 aromatic heterocycles. The third kappa shape index (κ3) is 2.90. The number of Topliss-reactive ketones (excluding diaryl/α,β-unsaturated/α-hetero) is 1. The lowest BCUT2D eigenvalue weighted by Crippen LogP contribution is -2.30. The molecule has 0 fully saturated rings. The summed E-state index contributed by atoms with van der Waals surface area (Å²) in [5, 5.41) is 0. The Hall–Kier alpha value is -1.20. The van der Waals surface area contributed by atoms with Crippen molar-refractivity contribution in [3.8, 4) is 0 Å². The Balaban J connectivity index is 2.81. The fourth-order valence-electron chi connectivity index (χ4n) is 1.40. The number of aromatic nitrogens is 2. The van der Waals surface area contributed by atoms with E-state index in [1.807, 2.05) is 20.8 Å². The monoisotopic (exact) mass is 226 g/mol. The van der Waals surface area contributed by atoms with Gasteiger partial charge in [-0.25, -0.2) is 4.98 Å². The van der Waals surface area contributed by atoms with Crippen LogP contribution in [0.5, 0.6) is 0 Å². The van der Waals surface area contributed by atoms with E-state index in [2.05, 4.69) is 4.98 Å². The second-order valence-electron chi connectivity index (χ2n) is 3.14. The number of ether oxygens (including phenoxy) is 2. The zero-order chi connectivity index (χ0) is 12.0. The lowest BCUT2D eigenvalue weighted by Gasteiger charge is -2.15. The van der Waals surface area contributed by atoms with E-state index >= 15 is 0 Å². The van der Waals surface area contributed by atoms with Crippen LogP contribution < -0.4 is 0 Å². The van der Waals surface area contributed by atoms with E-state index < -0.39 is 6.29 Å². The van der Waals surface area contributed by atoms with Crippen LogP contribution in [-0.4, -0.2) is 34.8 Å². The number of imidazole rings is 1. The molecule has 0 spiro atoms. The number of aryl methyl sites for hydroxylation is 1. The molecule has 0 bridgehead atoms. The van der Waals surface area contributed by atoms with Gasteiger partial charge in [0.1, 0.15) is 0 Å². The van der Waals surface area contributed by atoms with E-state index in [9.17, 15) is 4.79 Å². The largest absolute Gasteiger partial charge is 0.346 e. The minimum absolute atomic E-state index is 0.226. The minimum atomic E-state index is -0.845. The standard InChI is InChI=1S/C11H18N2O3/c1-4-13-8-7-12-10(13)9(14)11(15-5-2)16-6-3/h7-8,11H,4-6H2,1-3H3. The predicted molar refractivity (Wildman–Crippen MR) is 59.3 cm³/mol. The van der Waals surface area contributed by atoms with Gasteiger partial charge in [-0.15, -0.1) is 0 Å². The smallest absolute Gasteiger partial charge is 0.254 e. The maximum absolute atomic E-state index is 12.0. The van der Waals surface area contributed by atoms with Crippen LogP contribution in [0.1, 0.15) is 31.4 Å². The highest BCUT2D eigenvalue weighted by atomic mass is 16.7. The normalized spacial score (nSPS) is 11.0. The summed E-state index contributed by atoms with van der Waals surface area (Å²) in [7, 11) is 0. The predicted octanol–water partition coefficient (Wildman–Crippen LogP) is 1.48. The van der Waals surface area contributed by atoms with Gasteiger partial charge in [0.25, 0.3) is 5.78 Å². The number of hydrogen-bond acceptors (Lipinski definition) is 4. The molecule has 0 aliphatic carbocycles. The topological polar surface area (TPSA) is 53.4 Å². The molecule has 90 valence electrons. The van der Waals surface area contributed by atoms with Crippen molar-refractivity contribution in [1.82, 2.24) is 9.55 Å². The van der Waals surface area contributed by atoms with Gasteiger partial charge in [0.05, 0.1) is 0 Å². The molecule has 5 nitrogen and oxygen atoms in total. The van der Waals surface area contributed by atoms with Crippen LogP contribution in [-0.2, 0) is 16.0 Å². The van der Waals surface area contributed by atoms with E-state index in [0.717, 1.165) is 0 Å². The van der Waals surface area contributed by atoms with Crippen LogP contribution in [0.4, 0.5) is 0 Å². The van der Waals surface area contributed by atoms with E-state index in [0.29, 0.717) is 25.6 Å². The van der Waals surface area contributed by atoms with Crippen LogP contribution in [0.25, 0.3) is 0 Å². The number of nitrogens with zero attached hydrogens (tertiary/aromatic N) is 2. The average Bonchev–Trinajstić information content (AvgIpc) is 2.75. The molecule has 0 unspecified atom stereocenters. The molecule has 1 heterocycles. The Kier molecular flexibility index (Phi) is 5.14. The second-order valence-corrected chi connectivity index (χ2v) is 3.14. The fraction of sp³-hybridized carbons (Fsp3) is 0.636. The van der Waals surface area contributed by atoms with E-state index in [-0.39, 0.29) is 5.78 Å². The first-order valence-electron chi connectivity index (χ1n) is 5.53. The van der Waals surface area contributed by atoms with E-state index in [1.54, 1.807) is 17.0 Å². The van der Waals surface area contributed by atoms with Crippen molar-refractivity contribution in [2.24, 2.45) is 0 Å². The van der Waals surface area contributed by atoms with Crippen molar-refractivity contribution in [2.45, 2.75) is 33.6 Å². The summed E-state index contributed by atoms with van der Waals surface area (Å²) in [6.07, 6.45) is 2.52. The Bertz CT molecular complexity index is 330. The van der Waals surface area contributed by atoms with Gasteiger partial charge in [-0.2, -0.15) is 0 Å². The molecule has 5 heteroatoms. The second kappa shape index (κ2) is 6.40. The quantitative estimate of drug-likeness (QED) is 0.522. The van der Waals surface area contributed by atoms with Gasteiger partial charge in [0, 0.05) is 32.2 Å². The first-order valence-corrected chi connectivity index (χ1v) is 5.53. The SMILES string of the molecule is CCOC(OCC)C(=O)c1nccn1CC. The highest BCUT2D eigenvalue weighted by molar-refractivity contribution is 5.95. The Morgan fingerprint density at radius 3 is 2.50 bits per heavy atom. The number of carbonyl (C=O) groups is 1. The molecule has 0 saturated carbocycles. The molecular formula is C11H18N2O3. The van der Waals surface area contributed by atoms with Gasteiger partial charge in [-0.05, 0) is 20.8 Å². The van der Waals surface area contributed by atoms with Crippen molar-refractivity contribution < 1.29 is 14.3 Å². The van der Waals surface area contributed by atoms with Gasteiger partial charge < -0.3 is 14.0 Å². The van der Waals surface area contributed by atoms with Gasteiger partial charge in [-0.3, -0.25) is 4.79 Å². The van der Waals surface area contributed by atoms with Gasteiger partial charge in [0.2, 0.25) is 6.29 Å². The molecule has 0 aliphatic rings. The maximum atomic E-state index is 12.0. The van der Waals surface area contributed by atoms with Crippen LogP contribution in [0.15, 0.2) is 12.4 Å². The van der Waals surface area contributed by atoms with Crippen molar-refractivity contribution in [2.75, 3.05) is 13.2 Å². The number of hydrogen-bond donors (Lipinski definition) is 0. The number of ketones is 1. The molecule has 0 aliphatic heterocycles. The van der Waals surface area contributed by atoms with Crippen LogP contribution in [0.2, 0.25) is 0 Å². The Morgan fingerprint density at radius 1 is 1.38 bits per heavy atom. The van der Waals surface area contributed by atoms with Crippen LogP contribution in [0.3, 0.4) is 0 Å². The highest BCUT2D eigenvalue weighted by Crippen LogP contribution is 2.06. The Morgan fingerprint density at radius 2 is 2.00 bits per heavy atom. The molecule has 16 heavy (non-hydrogen) atoms. The third-order valence-corrected chi connectivity index (χ3v) is 2.13. The van der Waals surface area contributed by atoms with Crippen LogP contribution in [0, 0.1) is 0 Å². The molecule has 1 aromatic rings. The molecule has 0 saturated heterocycles. The first-order chi connectivity index (χ1) is 7.74. The number of carbonyl (C=O) groups excluding carboxylic acids is 1. The fourth-order valence-corrected chi connectivity index (χ4v) is 1.40. The molecule has 0 N–H and O–H groups in total. The summed E-state index contributed by atoms with van der Waals surface area (Å²) in [4.78, 5) is 16.1. The van der Waals surface area contributed by atoms with Crippen molar-refractivity contribution in [3.05, 3.63) is 18.2 Å². The molecule has 0 aromatic carbocycles. The van der Waals surface area contributed by atoms with E-state index in [4.69, 9.17) is 9.47 Å². The highest BCUT2D eigenvalue weighted by Gasteiger charge is 2.24. The lowest BCUT2D eigenvalue weighted by atomic mass is 10.3. The van der Waals surface area contributed by atoms with Gasteiger partial charge >= 0.3 is 0 Å². The van der Waals surface area contributed by atoms with E-state index in [1.165, 1.54) is 0 Å². The number of rotatable bonds is 7. The summed E-state index contributed by atoms with van der Waals surface area (Å²) in [6.45, 7) is 7.17. The molecule has 0 atom stereocenters. The zero-order valence-electron chi connectivity index (χ0n) is 9.97. The van der Waals surface area contributed by atoms with Crippen molar-refractivity contribution in [3.63, 3.8) is 0 Å². The summed E-state index contributed by atoms with van der Waals surface area (Å²) in [5.74, 6) is 0.157.